The van der Waals surface area contributed by atoms with Gasteiger partial charge >= 0.3 is 5.63 Å². The van der Waals surface area contributed by atoms with Crippen LogP contribution in [0.4, 0.5) is 5.69 Å². The summed E-state index contributed by atoms with van der Waals surface area (Å²) in [5, 5.41) is 3.14. The highest BCUT2D eigenvalue weighted by Gasteiger charge is 2.06. The Morgan fingerprint density at radius 2 is 1.95 bits per heavy atom. The Morgan fingerprint density at radius 3 is 2.71 bits per heavy atom. The summed E-state index contributed by atoms with van der Waals surface area (Å²) in [5.74, 6) is 0. The van der Waals surface area contributed by atoms with E-state index in [1.54, 1.807) is 6.92 Å². The predicted octanol–water partition coefficient (Wildman–Crippen LogP) is 3.88. The molecule has 21 heavy (non-hydrogen) atoms. The van der Waals surface area contributed by atoms with Crippen molar-refractivity contribution in [2.45, 2.75) is 6.92 Å². The molecule has 0 atom stereocenters. The van der Waals surface area contributed by atoms with E-state index in [-0.39, 0.29) is 5.63 Å². The van der Waals surface area contributed by atoms with Crippen LogP contribution in [-0.4, -0.2) is 13.6 Å². The van der Waals surface area contributed by atoms with Crippen LogP contribution in [0.2, 0.25) is 0 Å². The number of benzene rings is 2. The standard InChI is InChI=1S/C18H17NO2/c1-4-7-19(3)16-6-5-13-9-15-8-12(2)18(20)21-17(15)11-14(13)10-16/h4-6,8-11H,1,7H2,2-3H3. The van der Waals surface area contributed by atoms with Gasteiger partial charge in [-0.3, -0.25) is 0 Å². The summed E-state index contributed by atoms with van der Waals surface area (Å²) in [4.78, 5) is 13.8. The molecule has 0 radical (unpaired) electrons. The van der Waals surface area contributed by atoms with E-state index in [4.69, 9.17) is 4.42 Å². The van der Waals surface area contributed by atoms with E-state index in [9.17, 15) is 4.79 Å². The predicted molar refractivity (Wildman–Crippen MR) is 88.2 cm³/mol. The van der Waals surface area contributed by atoms with E-state index >= 15 is 0 Å². The molecule has 0 spiro atoms. The number of aryl methyl sites for hydroxylation is 1. The number of fused-ring (bicyclic) bond motifs is 2. The van der Waals surface area contributed by atoms with E-state index in [1.807, 2.05) is 25.3 Å². The molecule has 3 rings (SSSR count). The van der Waals surface area contributed by atoms with Crippen molar-refractivity contribution in [1.82, 2.24) is 0 Å². The average molecular weight is 279 g/mol. The molecule has 0 N–H and O–H groups in total. The number of rotatable bonds is 3. The van der Waals surface area contributed by atoms with Crippen LogP contribution in [-0.2, 0) is 0 Å². The van der Waals surface area contributed by atoms with Crippen LogP contribution in [0.15, 0.2) is 58.3 Å². The Kier molecular flexibility index (Phi) is 3.26. The summed E-state index contributed by atoms with van der Waals surface area (Å²) in [6.45, 7) is 6.31. The number of anilines is 1. The van der Waals surface area contributed by atoms with Crippen LogP contribution in [0.1, 0.15) is 5.56 Å². The third kappa shape index (κ3) is 2.42. The minimum absolute atomic E-state index is 0.276. The van der Waals surface area contributed by atoms with Crippen molar-refractivity contribution in [3.63, 3.8) is 0 Å². The van der Waals surface area contributed by atoms with Gasteiger partial charge in [0.1, 0.15) is 5.58 Å². The summed E-state index contributed by atoms with van der Waals surface area (Å²) in [6.07, 6.45) is 1.87. The van der Waals surface area contributed by atoms with Crippen LogP contribution < -0.4 is 10.5 Å². The monoisotopic (exact) mass is 279 g/mol. The maximum atomic E-state index is 11.6. The van der Waals surface area contributed by atoms with E-state index < -0.39 is 0 Å². The van der Waals surface area contributed by atoms with Crippen LogP contribution in [0.3, 0.4) is 0 Å². The van der Waals surface area contributed by atoms with Gasteiger partial charge in [0.25, 0.3) is 0 Å². The molecule has 0 aliphatic heterocycles. The number of hydrogen-bond acceptors (Lipinski definition) is 3. The molecule has 0 bridgehead atoms. The molecule has 0 unspecified atom stereocenters. The van der Waals surface area contributed by atoms with E-state index in [0.717, 1.165) is 28.4 Å². The van der Waals surface area contributed by atoms with E-state index in [1.165, 1.54) is 0 Å². The SMILES string of the molecule is C=CCN(C)c1ccc2cc3cc(C)c(=O)oc3cc2c1. The van der Waals surface area contributed by atoms with Gasteiger partial charge in [-0.2, -0.15) is 0 Å². The lowest BCUT2D eigenvalue weighted by Crippen LogP contribution is -2.16. The second kappa shape index (κ2) is 5.09. The molecular formula is C18H17NO2. The highest BCUT2D eigenvalue weighted by molar-refractivity contribution is 5.97. The van der Waals surface area contributed by atoms with Crippen molar-refractivity contribution >= 4 is 27.4 Å². The van der Waals surface area contributed by atoms with Gasteiger partial charge in [0.2, 0.25) is 0 Å². The largest absolute Gasteiger partial charge is 0.423 e. The second-order valence-electron chi connectivity index (χ2n) is 5.31. The normalized spacial score (nSPS) is 11.0. The van der Waals surface area contributed by atoms with E-state index in [2.05, 4.69) is 35.7 Å². The van der Waals surface area contributed by atoms with Gasteiger partial charge in [0.15, 0.2) is 0 Å². The summed E-state index contributed by atoms with van der Waals surface area (Å²) >= 11 is 0. The summed E-state index contributed by atoms with van der Waals surface area (Å²) in [5.41, 5.74) is 2.09. The molecule has 0 aliphatic carbocycles. The molecular weight excluding hydrogens is 262 g/mol. The zero-order valence-corrected chi connectivity index (χ0v) is 12.2. The van der Waals surface area contributed by atoms with E-state index in [0.29, 0.717) is 11.1 Å². The van der Waals surface area contributed by atoms with Gasteiger partial charge in [0, 0.05) is 30.2 Å². The smallest absolute Gasteiger partial charge is 0.339 e. The first-order valence-electron chi connectivity index (χ1n) is 6.89. The van der Waals surface area contributed by atoms with Gasteiger partial charge < -0.3 is 9.32 Å². The molecule has 1 heterocycles. The third-order valence-electron chi connectivity index (χ3n) is 3.69. The molecule has 3 heteroatoms. The van der Waals surface area contributed by atoms with Crippen molar-refractivity contribution < 1.29 is 4.42 Å². The maximum absolute atomic E-state index is 11.6. The second-order valence-corrected chi connectivity index (χ2v) is 5.31. The summed E-state index contributed by atoms with van der Waals surface area (Å²) < 4.78 is 5.36. The lowest BCUT2D eigenvalue weighted by molar-refractivity contribution is 0.555. The Labute approximate surface area is 123 Å². The molecule has 0 saturated heterocycles. The van der Waals surface area contributed by atoms with Gasteiger partial charge in [-0.15, -0.1) is 6.58 Å². The van der Waals surface area contributed by atoms with Crippen LogP contribution >= 0.6 is 0 Å². The minimum Gasteiger partial charge on any atom is -0.423 e. The van der Waals surface area contributed by atoms with Gasteiger partial charge in [-0.1, -0.05) is 12.1 Å². The van der Waals surface area contributed by atoms with Crippen molar-refractivity contribution in [2.24, 2.45) is 0 Å². The molecule has 1 aromatic heterocycles. The fraction of sp³-hybridized carbons (Fsp3) is 0.167. The first-order chi connectivity index (χ1) is 10.1. The number of hydrogen-bond donors (Lipinski definition) is 0. The zero-order chi connectivity index (χ0) is 15.0. The first-order valence-corrected chi connectivity index (χ1v) is 6.89. The average Bonchev–Trinajstić information content (AvgIpc) is 2.46. The Bertz CT molecular complexity index is 893. The zero-order valence-electron chi connectivity index (χ0n) is 12.2. The lowest BCUT2D eigenvalue weighted by Gasteiger charge is -2.17. The van der Waals surface area contributed by atoms with Crippen molar-refractivity contribution in [3.05, 3.63) is 65.0 Å². The lowest BCUT2D eigenvalue weighted by atomic mass is 10.1. The fourth-order valence-corrected chi connectivity index (χ4v) is 2.49. The first kappa shape index (κ1) is 13.4. The van der Waals surface area contributed by atoms with Gasteiger partial charge in [0.05, 0.1) is 0 Å². The van der Waals surface area contributed by atoms with Crippen LogP contribution in [0.25, 0.3) is 21.7 Å². The summed E-state index contributed by atoms with van der Waals surface area (Å²) in [6, 6.07) is 12.1. The maximum Gasteiger partial charge on any atom is 0.339 e. The van der Waals surface area contributed by atoms with Gasteiger partial charge in [-0.25, -0.2) is 4.79 Å². The Hall–Kier alpha value is -2.55. The molecule has 106 valence electrons. The van der Waals surface area contributed by atoms with Crippen molar-refractivity contribution in [1.29, 1.82) is 0 Å². The number of nitrogens with zero attached hydrogens (tertiary/aromatic N) is 1. The van der Waals surface area contributed by atoms with Crippen molar-refractivity contribution in [3.8, 4) is 0 Å². The molecule has 0 fully saturated rings. The molecule has 3 aromatic rings. The summed E-state index contributed by atoms with van der Waals surface area (Å²) in [7, 11) is 2.02. The topological polar surface area (TPSA) is 33.5 Å². The van der Waals surface area contributed by atoms with Crippen LogP contribution in [0.5, 0.6) is 0 Å². The Morgan fingerprint density at radius 1 is 1.14 bits per heavy atom. The Balaban J connectivity index is 2.21. The fourth-order valence-electron chi connectivity index (χ4n) is 2.49. The quantitative estimate of drug-likeness (QED) is 0.414. The minimum atomic E-state index is -0.276. The molecule has 0 aliphatic rings. The van der Waals surface area contributed by atoms with Gasteiger partial charge in [-0.05, 0) is 48.0 Å². The molecule has 0 saturated carbocycles. The van der Waals surface area contributed by atoms with Crippen molar-refractivity contribution in [2.75, 3.05) is 18.5 Å². The highest BCUT2D eigenvalue weighted by Crippen LogP contribution is 2.26. The number of likely N-dealkylation sites (N-methyl/N-ethyl adjacent to an activating group) is 1. The third-order valence-corrected chi connectivity index (χ3v) is 3.69. The van der Waals surface area contributed by atoms with Crippen LogP contribution in [0, 0.1) is 6.92 Å². The molecule has 0 amide bonds. The molecule has 2 aromatic carbocycles. The molecule has 3 nitrogen and oxygen atoms in total. The highest BCUT2D eigenvalue weighted by atomic mass is 16.4.